The third-order valence-electron chi connectivity index (χ3n) is 5.59. The first-order valence-corrected chi connectivity index (χ1v) is 10.2. The van der Waals surface area contributed by atoms with Crippen LogP contribution in [0.25, 0.3) is 0 Å². The van der Waals surface area contributed by atoms with Crippen LogP contribution in [0.15, 0.2) is 24.5 Å². The van der Waals surface area contributed by atoms with Crippen molar-refractivity contribution in [2.75, 3.05) is 37.6 Å². The standard InChI is InChI=1S/C21H30N6/c1-3-21-23-13-17(14-24-21)15-26-7-9-27(10-8-26)18-11-16(2)25-20(12-18)19-5-4-6-22-19/h11-14,19,22H,3-10,15H2,1-2H3. The van der Waals surface area contributed by atoms with Crippen molar-refractivity contribution in [2.24, 2.45) is 0 Å². The van der Waals surface area contributed by atoms with Crippen molar-refractivity contribution in [3.8, 4) is 0 Å². The Hall–Kier alpha value is -2.05. The Morgan fingerprint density at radius 3 is 2.56 bits per heavy atom. The van der Waals surface area contributed by atoms with E-state index in [1.54, 1.807) is 0 Å². The van der Waals surface area contributed by atoms with E-state index in [2.05, 4.69) is 51.1 Å². The van der Waals surface area contributed by atoms with E-state index in [0.717, 1.165) is 57.2 Å². The Labute approximate surface area is 162 Å². The quantitative estimate of drug-likeness (QED) is 0.877. The Morgan fingerprint density at radius 1 is 1.11 bits per heavy atom. The minimum absolute atomic E-state index is 0.427. The van der Waals surface area contributed by atoms with Crippen molar-refractivity contribution in [3.05, 3.63) is 47.3 Å². The number of nitrogens with zero attached hydrogens (tertiary/aromatic N) is 5. The van der Waals surface area contributed by atoms with E-state index in [9.17, 15) is 0 Å². The summed E-state index contributed by atoms with van der Waals surface area (Å²) in [6.45, 7) is 10.5. The average Bonchev–Trinajstić information content (AvgIpc) is 3.24. The number of pyridine rings is 1. The fraction of sp³-hybridized carbons (Fsp3) is 0.571. The van der Waals surface area contributed by atoms with Gasteiger partial charge in [-0.2, -0.15) is 0 Å². The van der Waals surface area contributed by atoms with Gasteiger partial charge in [0.05, 0.1) is 5.69 Å². The number of piperazine rings is 1. The molecule has 2 aromatic rings. The molecule has 2 saturated heterocycles. The fourth-order valence-corrected chi connectivity index (χ4v) is 4.04. The lowest BCUT2D eigenvalue weighted by Crippen LogP contribution is -2.46. The molecular formula is C21H30N6. The first-order valence-electron chi connectivity index (χ1n) is 10.2. The molecule has 6 heteroatoms. The van der Waals surface area contributed by atoms with Crippen LogP contribution in [0.5, 0.6) is 0 Å². The van der Waals surface area contributed by atoms with Gasteiger partial charge in [-0.25, -0.2) is 9.97 Å². The summed E-state index contributed by atoms with van der Waals surface area (Å²) in [5, 5.41) is 3.57. The lowest BCUT2D eigenvalue weighted by atomic mass is 10.1. The van der Waals surface area contributed by atoms with Crippen LogP contribution in [0, 0.1) is 6.92 Å². The predicted molar refractivity (Wildman–Crippen MR) is 108 cm³/mol. The molecule has 144 valence electrons. The summed E-state index contributed by atoms with van der Waals surface area (Å²) in [7, 11) is 0. The van der Waals surface area contributed by atoms with E-state index >= 15 is 0 Å². The largest absolute Gasteiger partial charge is 0.369 e. The van der Waals surface area contributed by atoms with Gasteiger partial charge in [-0.3, -0.25) is 9.88 Å². The molecule has 1 atom stereocenters. The molecule has 2 aromatic heterocycles. The van der Waals surface area contributed by atoms with Crippen LogP contribution in [0.1, 0.15) is 48.6 Å². The van der Waals surface area contributed by atoms with Gasteiger partial charge in [0.25, 0.3) is 0 Å². The summed E-state index contributed by atoms with van der Waals surface area (Å²) >= 11 is 0. The molecule has 2 fully saturated rings. The maximum atomic E-state index is 4.78. The minimum Gasteiger partial charge on any atom is -0.369 e. The van der Waals surface area contributed by atoms with Crippen molar-refractivity contribution in [1.82, 2.24) is 25.2 Å². The second-order valence-corrected chi connectivity index (χ2v) is 7.66. The van der Waals surface area contributed by atoms with E-state index in [4.69, 9.17) is 4.98 Å². The molecule has 4 heterocycles. The molecular weight excluding hydrogens is 336 g/mol. The topological polar surface area (TPSA) is 57.2 Å². The Morgan fingerprint density at radius 2 is 1.89 bits per heavy atom. The maximum Gasteiger partial charge on any atom is 0.127 e. The highest BCUT2D eigenvalue weighted by Gasteiger charge is 2.22. The van der Waals surface area contributed by atoms with E-state index < -0.39 is 0 Å². The predicted octanol–water partition coefficient (Wildman–Crippen LogP) is 2.49. The third-order valence-corrected chi connectivity index (χ3v) is 5.59. The lowest BCUT2D eigenvalue weighted by Gasteiger charge is -2.36. The molecule has 6 nitrogen and oxygen atoms in total. The molecule has 0 saturated carbocycles. The summed E-state index contributed by atoms with van der Waals surface area (Å²) < 4.78 is 0. The van der Waals surface area contributed by atoms with Crippen LogP contribution in [-0.2, 0) is 13.0 Å². The number of anilines is 1. The molecule has 2 aliphatic rings. The van der Waals surface area contributed by atoms with Gasteiger partial charge < -0.3 is 10.2 Å². The van der Waals surface area contributed by atoms with Gasteiger partial charge in [0.2, 0.25) is 0 Å². The van der Waals surface area contributed by atoms with Crippen LogP contribution in [0.4, 0.5) is 5.69 Å². The van der Waals surface area contributed by atoms with Crippen LogP contribution < -0.4 is 10.2 Å². The molecule has 0 aromatic carbocycles. The zero-order valence-corrected chi connectivity index (χ0v) is 16.5. The van der Waals surface area contributed by atoms with Gasteiger partial charge in [0, 0.05) is 74.5 Å². The first-order chi connectivity index (χ1) is 13.2. The van der Waals surface area contributed by atoms with Gasteiger partial charge in [-0.1, -0.05) is 6.92 Å². The monoisotopic (exact) mass is 366 g/mol. The summed E-state index contributed by atoms with van der Waals surface area (Å²) in [4.78, 5) is 18.6. The van der Waals surface area contributed by atoms with E-state index in [1.165, 1.54) is 29.8 Å². The van der Waals surface area contributed by atoms with Gasteiger partial charge >= 0.3 is 0 Å². The van der Waals surface area contributed by atoms with Crippen molar-refractivity contribution in [1.29, 1.82) is 0 Å². The fourth-order valence-electron chi connectivity index (χ4n) is 4.04. The van der Waals surface area contributed by atoms with E-state index in [1.807, 2.05) is 12.4 Å². The molecule has 2 aliphatic heterocycles. The van der Waals surface area contributed by atoms with Crippen molar-refractivity contribution >= 4 is 5.69 Å². The molecule has 0 bridgehead atoms. The minimum atomic E-state index is 0.427. The number of aryl methyl sites for hydroxylation is 2. The SMILES string of the molecule is CCc1ncc(CN2CCN(c3cc(C)nc(C4CCCN4)c3)CC2)cn1. The zero-order valence-electron chi connectivity index (χ0n) is 16.5. The number of aromatic nitrogens is 3. The Kier molecular flexibility index (Phi) is 5.64. The van der Waals surface area contributed by atoms with Gasteiger partial charge in [-0.05, 0) is 38.4 Å². The average molecular weight is 367 g/mol. The summed E-state index contributed by atoms with van der Waals surface area (Å²) in [6.07, 6.45) is 7.29. The van der Waals surface area contributed by atoms with Crippen LogP contribution in [-0.4, -0.2) is 52.6 Å². The first kappa shape index (κ1) is 18.3. The Bertz CT molecular complexity index is 746. The second kappa shape index (κ2) is 8.31. The maximum absolute atomic E-state index is 4.78. The lowest BCUT2D eigenvalue weighted by molar-refractivity contribution is 0.249. The molecule has 0 radical (unpaired) electrons. The number of hydrogen-bond donors (Lipinski definition) is 1. The van der Waals surface area contributed by atoms with Gasteiger partial charge in [0.1, 0.15) is 5.82 Å². The number of nitrogens with one attached hydrogen (secondary N) is 1. The summed E-state index contributed by atoms with van der Waals surface area (Å²) in [5.41, 5.74) is 4.85. The Balaban J connectivity index is 1.37. The van der Waals surface area contributed by atoms with Gasteiger partial charge in [-0.15, -0.1) is 0 Å². The molecule has 0 aliphatic carbocycles. The summed E-state index contributed by atoms with van der Waals surface area (Å²) in [5.74, 6) is 0.921. The van der Waals surface area contributed by atoms with Crippen LogP contribution in [0.3, 0.4) is 0 Å². The van der Waals surface area contributed by atoms with E-state index in [-0.39, 0.29) is 0 Å². The third kappa shape index (κ3) is 4.45. The van der Waals surface area contributed by atoms with Gasteiger partial charge in [0.15, 0.2) is 0 Å². The molecule has 1 N–H and O–H groups in total. The highest BCUT2D eigenvalue weighted by molar-refractivity contribution is 5.49. The molecule has 0 spiro atoms. The molecule has 1 unspecified atom stereocenters. The smallest absolute Gasteiger partial charge is 0.127 e. The van der Waals surface area contributed by atoms with Crippen molar-refractivity contribution < 1.29 is 0 Å². The zero-order chi connectivity index (χ0) is 18.6. The van der Waals surface area contributed by atoms with Crippen molar-refractivity contribution in [2.45, 2.75) is 45.7 Å². The number of rotatable bonds is 5. The molecule has 0 amide bonds. The summed E-state index contributed by atoms with van der Waals surface area (Å²) in [6, 6.07) is 4.95. The van der Waals surface area contributed by atoms with Crippen molar-refractivity contribution in [3.63, 3.8) is 0 Å². The highest BCUT2D eigenvalue weighted by atomic mass is 15.3. The molecule has 4 rings (SSSR count). The van der Waals surface area contributed by atoms with E-state index in [0.29, 0.717) is 6.04 Å². The normalized spacial score (nSPS) is 21.0. The van der Waals surface area contributed by atoms with Crippen LogP contribution >= 0.6 is 0 Å². The highest BCUT2D eigenvalue weighted by Crippen LogP contribution is 2.26. The molecule has 27 heavy (non-hydrogen) atoms. The van der Waals surface area contributed by atoms with Crippen LogP contribution in [0.2, 0.25) is 0 Å². The second-order valence-electron chi connectivity index (χ2n) is 7.66. The number of hydrogen-bond acceptors (Lipinski definition) is 6.